The Labute approximate surface area is 83.2 Å². The Morgan fingerprint density at radius 2 is 2.38 bits per heavy atom. The van der Waals surface area contributed by atoms with Gasteiger partial charge in [0.1, 0.15) is 0 Å². The zero-order chi connectivity index (χ0) is 9.26. The summed E-state index contributed by atoms with van der Waals surface area (Å²) in [7, 11) is 0. The number of aryl methyl sites for hydroxylation is 1. The maximum atomic E-state index is 11.2. The van der Waals surface area contributed by atoms with Crippen molar-refractivity contribution in [2.24, 2.45) is 0 Å². The second kappa shape index (κ2) is 3.42. The molecule has 0 bridgehead atoms. The van der Waals surface area contributed by atoms with Crippen LogP contribution in [0.3, 0.4) is 0 Å². The molecule has 0 fully saturated rings. The van der Waals surface area contributed by atoms with Crippen LogP contribution in [-0.4, -0.2) is 11.7 Å². The molecule has 1 heterocycles. The van der Waals surface area contributed by atoms with Crippen LogP contribution in [0.1, 0.15) is 13.4 Å². The molecule has 1 aliphatic rings. The third-order valence-electron chi connectivity index (χ3n) is 2.00. The first-order chi connectivity index (χ1) is 6.25. The molecule has 0 saturated heterocycles. The highest BCUT2D eigenvalue weighted by Crippen LogP contribution is 2.31. The molecule has 0 unspecified atom stereocenters. The van der Waals surface area contributed by atoms with E-state index in [1.165, 1.54) is 10.5 Å². The van der Waals surface area contributed by atoms with E-state index in [1.54, 1.807) is 11.8 Å². The summed E-state index contributed by atoms with van der Waals surface area (Å²) in [5, 5.41) is 2.89. The molecule has 0 aromatic heterocycles. The highest BCUT2D eigenvalue weighted by atomic mass is 32.2. The predicted molar refractivity (Wildman–Crippen MR) is 57.3 cm³/mol. The number of anilines is 1. The van der Waals surface area contributed by atoms with Crippen LogP contribution in [-0.2, 0) is 4.79 Å². The zero-order valence-corrected chi connectivity index (χ0v) is 8.28. The lowest BCUT2D eigenvalue weighted by atomic mass is 10.2. The van der Waals surface area contributed by atoms with Gasteiger partial charge in [-0.3, -0.25) is 4.79 Å². The average Bonchev–Trinajstić information content (AvgIpc) is 2.25. The van der Waals surface area contributed by atoms with Gasteiger partial charge in [-0.05, 0) is 24.6 Å². The number of carbonyl (C=O) groups is 1. The number of thioether (sulfide) groups is 1. The Hall–Kier alpha value is -0.960. The predicted octanol–water partition coefficient (Wildman–Crippen LogP) is 2.68. The van der Waals surface area contributed by atoms with Crippen LogP contribution in [0, 0.1) is 6.92 Å². The van der Waals surface area contributed by atoms with Crippen molar-refractivity contribution in [1.82, 2.24) is 0 Å². The van der Waals surface area contributed by atoms with Crippen LogP contribution in [0.15, 0.2) is 23.1 Å². The molecule has 1 aliphatic heterocycles. The molecular weight excluding hydrogens is 182 g/mol. The van der Waals surface area contributed by atoms with Gasteiger partial charge >= 0.3 is 0 Å². The van der Waals surface area contributed by atoms with E-state index in [0.717, 1.165) is 11.4 Å². The van der Waals surface area contributed by atoms with Crippen LogP contribution in [0.2, 0.25) is 0 Å². The van der Waals surface area contributed by atoms with Gasteiger partial charge in [0.05, 0.1) is 5.69 Å². The summed E-state index contributed by atoms with van der Waals surface area (Å²) < 4.78 is 0. The first-order valence-corrected chi connectivity index (χ1v) is 5.27. The molecule has 0 aliphatic carbocycles. The van der Waals surface area contributed by atoms with E-state index < -0.39 is 0 Å². The summed E-state index contributed by atoms with van der Waals surface area (Å²) in [5.74, 6) is 0.998. The molecule has 0 atom stereocenters. The summed E-state index contributed by atoms with van der Waals surface area (Å²) in [4.78, 5) is 12.4. The number of carbonyl (C=O) groups excluding carboxylic acids is 1. The molecule has 1 N–H and O–H groups in total. The van der Waals surface area contributed by atoms with E-state index >= 15 is 0 Å². The summed E-state index contributed by atoms with van der Waals surface area (Å²) in [6.45, 7) is 2.06. The topological polar surface area (TPSA) is 29.1 Å². The zero-order valence-electron chi connectivity index (χ0n) is 7.46. The lowest BCUT2D eigenvalue weighted by molar-refractivity contribution is -0.115. The largest absolute Gasteiger partial charge is 0.325 e. The van der Waals surface area contributed by atoms with Crippen LogP contribution < -0.4 is 5.32 Å². The smallest absolute Gasteiger partial charge is 0.225 e. The standard InChI is InChI=1S/C10H11NOS.H2/c1-7-2-3-8-9(6-7)13-5-4-10(12)11-8;/h2-3,6H,4-5H2,1H3,(H,11,12);1H. The molecular formula is C10H13NOS. The van der Waals surface area contributed by atoms with E-state index in [4.69, 9.17) is 0 Å². The van der Waals surface area contributed by atoms with Crippen molar-refractivity contribution in [1.29, 1.82) is 0 Å². The highest BCUT2D eigenvalue weighted by molar-refractivity contribution is 7.99. The maximum absolute atomic E-state index is 11.2. The Morgan fingerprint density at radius 1 is 1.54 bits per heavy atom. The van der Waals surface area contributed by atoms with Crippen molar-refractivity contribution in [3.63, 3.8) is 0 Å². The third-order valence-corrected chi connectivity index (χ3v) is 3.05. The molecule has 70 valence electrons. The van der Waals surface area contributed by atoms with Crippen molar-refractivity contribution >= 4 is 23.4 Å². The molecule has 0 saturated carbocycles. The monoisotopic (exact) mass is 195 g/mol. The lowest BCUT2D eigenvalue weighted by Crippen LogP contribution is -2.09. The van der Waals surface area contributed by atoms with Crippen molar-refractivity contribution in [2.75, 3.05) is 11.1 Å². The SMILES string of the molecule is Cc1ccc2c(c1)SCCC(=O)N2.[HH]. The number of rotatable bonds is 0. The van der Waals surface area contributed by atoms with Crippen LogP contribution in [0.25, 0.3) is 0 Å². The fourth-order valence-electron chi connectivity index (χ4n) is 1.32. The molecule has 3 heteroatoms. The van der Waals surface area contributed by atoms with Gasteiger partial charge in [-0.2, -0.15) is 0 Å². The average molecular weight is 195 g/mol. The summed E-state index contributed by atoms with van der Waals surface area (Å²) in [5.41, 5.74) is 2.19. The number of amides is 1. The third kappa shape index (κ3) is 1.86. The molecule has 1 amide bonds. The quantitative estimate of drug-likeness (QED) is 0.689. The van der Waals surface area contributed by atoms with E-state index in [9.17, 15) is 4.79 Å². The van der Waals surface area contributed by atoms with E-state index in [1.807, 2.05) is 12.1 Å². The normalized spacial score (nSPS) is 15.9. The molecule has 13 heavy (non-hydrogen) atoms. The Morgan fingerprint density at radius 3 is 3.23 bits per heavy atom. The molecule has 1 aromatic carbocycles. The minimum atomic E-state index is 0. The number of hydrogen-bond acceptors (Lipinski definition) is 2. The molecule has 2 rings (SSSR count). The van der Waals surface area contributed by atoms with Crippen molar-refractivity contribution in [3.05, 3.63) is 23.8 Å². The van der Waals surface area contributed by atoms with E-state index in [2.05, 4.69) is 18.3 Å². The number of hydrogen-bond donors (Lipinski definition) is 1. The van der Waals surface area contributed by atoms with Gasteiger partial charge in [0.15, 0.2) is 0 Å². The molecule has 1 aromatic rings. The number of fused-ring (bicyclic) bond motifs is 1. The first kappa shape index (κ1) is 8.63. The highest BCUT2D eigenvalue weighted by Gasteiger charge is 2.12. The first-order valence-electron chi connectivity index (χ1n) is 4.29. The maximum Gasteiger partial charge on any atom is 0.225 e. The molecule has 0 radical (unpaired) electrons. The van der Waals surface area contributed by atoms with Crippen molar-refractivity contribution < 1.29 is 6.22 Å². The summed E-state index contributed by atoms with van der Waals surface area (Å²) in [6, 6.07) is 6.11. The van der Waals surface area contributed by atoms with Gasteiger partial charge in [0.2, 0.25) is 5.91 Å². The Balaban J connectivity index is 0.000000980. The van der Waals surface area contributed by atoms with Gasteiger partial charge in [-0.25, -0.2) is 0 Å². The summed E-state index contributed by atoms with van der Waals surface area (Å²) in [6.07, 6.45) is 0.610. The van der Waals surface area contributed by atoms with Crippen LogP contribution in [0.4, 0.5) is 5.69 Å². The van der Waals surface area contributed by atoms with Crippen LogP contribution >= 0.6 is 11.8 Å². The Kier molecular flexibility index (Phi) is 2.27. The minimum Gasteiger partial charge on any atom is -0.325 e. The minimum absolute atomic E-state index is 0. The second-order valence-electron chi connectivity index (χ2n) is 3.15. The van der Waals surface area contributed by atoms with E-state index in [0.29, 0.717) is 6.42 Å². The lowest BCUT2D eigenvalue weighted by Gasteiger charge is -2.05. The molecule has 0 spiro atoms. The van der Waals surface area contributed by atoms with Crippen LogP contribution in [0.5, 0.6) is 0 Å². The van der Waals surface area contributed by atoms with Crippen molar-refractivity contribution in [2.45, 2.75) is 18.2 Å². The van der Waals surface area contributed by atoms with Crippen molar-refractivity contribution in [3.8, 4) is 0 Å². The summed E-state index contributed by atoms with van der Waals surface area (Å²) >= 11 is 1.74. The Bertz CT molecular complexity index is 354. The van der Waals surface area contributed by atoms with E-state index in [-0.39, 0.29) is 7.33 Å². The van der Waals surface area contributed by atoms with Gasteiger partial charge in [-0.1, -0.05) is 6.07 Å². The molecule has 2 nitrogen and oxygen atoms in total. The number of benzene rings is 1. The van der Waals surface area contributed by atoms with Gasteiger partial charge < -0.3 is 5.32 Å². The number of nitrogens with one attached hydrogen (secondary N) is 1. The van der Waals surface area contributed by atoms with Gasteiger partial charge in [0.25, 0.3) is 0 Å². The fraction of sp³-hybridized carbons (Fsp3) is 0.300. The van der Waals surface area contributed by atoms with Gasteiger partial charge in [0, 0.05) is 18.5 Å². The fourth-order valence-corrected chi connectivity index (χ4v) is 2.37. The van der Waals surface area contributed by atoms with Gasteiger partial charge in [-0.15, -0.1) is 11.8 Å². The second-order valence-corrected chi connectivity index (χ2v) is 4.28.